The summed E-state index contributed by atoms with van der Waals surface area (Å²) in [5.74, 6) is -0.818. The Bertz CT molecular complexity index is 1230. The Labute approximate surface area is 151 Å². The van der Waals surface area contributed by atoms with E-state index in [9.17, 15) is 19.2 Å². The Hall–Kier alpha value is -3.69. The van der Waals surface area contributed by atoms with E-state index in [0.717, 1.165) is 10.1 Å². The van der Waals surface area contributed by atoms with Crippen LogP contribution >= 0.6 is 0 Å². The third kappa shape index (κ3) is 2.62. The summed E-state index contributed by atoms with van der Waals surface area (Å²) in [4.78, 5) is 52.3. The number of fused-ring (bicyclic) bond motifs is 2. The maximum absolute atomic E-state index is 12.4. The van der Waals surface area contributed by atoms with E-state index < -0.39 is 23.1 Å². The first-order valence-electron chi connectivity index (χ1n) is 8.07. The molecular weight excluding hydrogens is 354 g/mol. The summed E-state index contributed by atoms with van der Waals surface area (Å²) in [6, 6.07) is 4.95. The van der Waals surface area contributed by atoms with Crippen LogP contribution in [-0.4, -0.2) is 30.6 Å². The SMILES string of the molecule is Cn1c(=O)c2ncn(CC(=O)Nc3ccc4c(c3)C(=O)OC4)c2n(C)c1=O. The number of benzene rings is 1. The van der Waals surface area contributed by atoms with E-state index in [0.29, 0.717) is 11.3 Å². The van der Waals surface area contributed by atoms with Gasteiger partial charge in [-0.2, -0.15) is 0 Å². The number of carbonyl (C=O) groups excluding carboxylic acids is 2. The van der Waals surface area contributed by atoms with Crippen molar-refractivity contribution < 1.29 is 14.3 Å². The normalized spacial score (nSPS) is 12.9. The second-order valence-electron chi connectivity index (χ2n) is 6.25. The zero-order valence-corrected chi connectivity index (χ0v) is 14.6. The summed E-state index contributed by atoms with van der Waals surface area (Å²) in [6.07, 6.45) is 1.34. The highest BCUT2D eigenvalue weighted by molar-refractivity contribution is 5.97. The first kappa shape index (κ1) is 16.8. The fraction of sp³-hybridized carbons (Fsp3) is 0.235. The van der Waals surface area contributed by atoms with E-state index in [1.807, 2.05) is 0 Å². The van der Waals surface area contributed by atoms with Crippen molar-refractivity contribution in [2.75, 3.05) is 5.32 Å². The van der Waals surface area contributed by atoms with Crippen LogP contribution in [0, 0.1) is 0 Å². The van der Waals surface area contributed by atoms with Crippen molar-refractivity contribution in [3.05, 3.63) is 56.5 Å². The number of hydrogen-bond donors (Lipinski definition) is 1. The summed E-state index contributed by atoms with van der Waals surface area (Å²) in [7, 11) is 2.88. The van der Waals surface area contributed by atoms with Gasteiger partial charge in [-0.15, -0.1) is 0 Å². The molecule has 0 saturated heterocycles. The van der Waals surface area contributed by atoms with Crippen LogP contribution < -0.4 is 16.6 Å². The number of carbonyl (C=O) groups is 2. The first-order valence-corrected chi connectivity index (χ1v) is 8.07. The van der Waals surface area contributed by atoms with E-state index in [1.54, 1.807) is 18.2 Å². The summed E-state index contributed by atoms with van der Waals surface area (Å²) in [6.45, 7) is 0.0743. The minimum atomic E-state index is -0.524. The number of hydrogen-bond acceptors (Lipinski definition) is 6. The molecule has 0 fully saturated rings. The number of aromatic nitrogens is 4. The van der Waals surface area contributed by atoms with Gasteiger partial charge in [0.25, 0.3) is 5.56 Å². The van der Waals surface area contributed by atoms with Gasteiger partial charge >= 0.3 is 11.7 Å². The Morgan fingerprint density at radius 3 is 2.78 bits per heavy atom. The van der Waals surface area contributed by atoms with Crippen LogP contribution in [0.15, 0.2) is 34.1 Å². The van der Waals surface area contributed by atoms with Crippen LogP contribution in [0.25, 0.3) is 11.2 Å². The van der Waals surface area contributed by atoms with Gasteiger partial charge in [0.1, 0.15) is 18.8 Å². The monoisotopic (exact) mass is 369 g/mol. The Kier molecular flexibility index (Phi) is 3.69. The fourth-order valence-corrected chi connectivity index (χ4v) is 3.10. The van der Waals surface area contributed by atoms with Crippen LogP contribution in [0.5, 0.6) is 0 Å². The molecule has 0 spiro atoms. The Morgan fingerprint density at radius 2 is 2.00 bits per heavy atom. The minimum Gasteiger partial charge on any atom is -0.457 e. The van der Waals surface area contributed by atoms with Gasteiger partial charge < -0.3 is 14.6 Å². The van der Waals surface area contributed by atoms with E-state index in [2.05, 4.69) is 10.3 Å². The van der Waals surface area contributed by atoms with Gasteiger partial charge in [0.2, 0.25) is 5.91 Å². The summed E-state index contributed by atoms with van der Waals surface area (Å²) in [5.41, 5.74) is 0.975. The van der Waals surface area contributed by atoms with Crippen LogP contribution in [0.3, 0.4) is 0 Å². The van der Waals surface area contributed by atoms with Gasteiger partial charge in [-0.3, -0.25) is 18.7 Å². The first-order chi connectivity index (χ1) is 12.9. The zero-order chi connectivity index (χ0) is 19.3. The number of cyclic esters (lactones) is 1. The van der Waals surface area contributed by atoms with Crippen molar-refractivity contribution in [3.8, 4) is 0 Å². The van der Waals surface area contributed by atoms with Gasteiger partial charge in [-0.25, -0.2) is 14.6 Å². The summed E-state index contributed by atoms with van der Waals surface area (Å²) < 4.78 is 8.59. The second-order valence-corrected chi connectivity index (χ2v) is 6.25. The van der Waals surface area contributed by atoms with Crippen molar-refractivity contribution in [1.82, 2.24) is 18.7 Å². The zero-order valence-electron chi connectivity index (χ0n) is 14.6. The smallest absolute Gasteiger partial charge is 0.338 e. The molecule has 138 valence electrons. The van der Waals surface area contributed by atoms with Crippen LogP contribution in [0.2, 0.25) is 0 Å². The number of rotatable bonds is 3. The van der Waals surface area contributed by atoms with E-state index in [4.69, 9.17) is 4.74 Å². The lowest BCUT2D eigenvalue weighted by atomic mass is 10.1. The molecule has 0 saturated carbocycles. The second kappa shape index (κ2) is 5.94. The van der Waals surface area contributed by atoms with Crippen molar-refractivity contribution in [3.63, 3.8) is 0 Å². The maximum Gasteiger partial charge on any atom is 0.338 e. The summed E-state index contributed by atoms with van der Waals surface area (Å²) in [5, 5.41) is 2.69. The molecule has 0 aliphatic carbocycles. The van der Waals surface area contributed by atoms with Gasteiger partial charge in [0.15, 0.2) is 5.52 Å². The fourth-order valence-electron chi connectivity index (χ4n) is 3.10. The average Bonchev–Trinajstić information content (AvgIpc) is 3.22. The molecule has 0 bridgehead atoms. The molecule has 3 heterocycles. The summed E-state index contributed by atoms with van der Waals surface area (Å²) >= 11 is 0. The molecule has 0 atom stereocenters. The quantitative estimate of drug-likeness (QED) is 0.636. The molecule has 1 aromatic carbocycles. The van der Waals surface area contributed by atoms with E-state index in [-0.39, 0.29) is 24.3 Å². The maximum atomic E-state index is 12.4. The number of aryl methyl sites for hydroxylation is 1. The topological polar surface area (TPSA) is 117 Å². The number of nitrogens with one attached hydrogen (secondary N) is 1. The van der Waals surface area contributed by atoms with Crippen LogP contribution in [-0.2, 0) is 36.8 Å². The van der Waals surface area contributed by atoms with Gasteiger partial charge in [-0.05, 0) is 12.1 Å². The lowest BCUT2D eigenvalue weighted by molar-refractivity contribution is -0.116. The highest BCUT2D eigenvalue weighted by Crippen LogP contribution is 2.23. The van der Waals surface area contributed by atoms with Crippen molar-refractivity contribution in [2.24, 2.45) is 14.1 Å². The number of imidazole rings is 1. The van der Waals surface area contributed by atoms with Gasteiger partial charge in [-0.1, -0.05) is 6.07 Å². The number of nitrogens with zero attached hydrogens (tertiary/aromatic N) is 4. The molecule has 3 aromatic rings. The Balaban J connectivity index is 1.63. The molecular formula is C17H15N5O5. The largest absolute Gasteiger partial charge is 0.457 e. The number of ether oxygens (including phenoxy) is 1. The van der Waals surface area contributed by atoms with Crippen molar-refractivity contribution in [1.29, 1.82) is 0 Å². The molecule has 10 nitrogen and oxygen atoms in total. The number of anilines is 1. The standard InChI is InChI=1S/C17H15N5O5/c1-20-14-13(15(24)21(2)17(20)26)18-8-22(14)6-12(23)19-10-4-3-9-7-27-16(25)11(9)5-10/h3-5,8H,6-7H2,1-2H3,(H,19,23). The van der Waals surface area contributed by atoms with Crippen molar-refractivity contribution in [2.45, 2.75) is 13.2 Å². The predicted octanol–water partition coefficient (Wildman–Crippen LogP) is -0.257. The lowest BCUT2D eigenvalue weighted by Crippen LogP contribution is -2.37. The number of esters is 1. The molecule has 10 heteroatoms. The van der Waals surface area contributed by atoms with E-state index >= 15 is 0 Å². The molecule has 27 heavy (non-hydrogen) atoms. The van der Waals surface area contributed by atoms with Gasteiger partial charge in [0, 0.05) is 25.3 Å². The molecule has 1 amide bonds. The highest BCUT2D eigenvalue weighted by atomic mass is 16.5. The van der Waals surface area contributed by atoms with Crippen molar-refractivity contribution >= 4 is 28.7 Å². The molecule has 4 rings (SSSR count). The third-order valence-corrected chi connectivity index (χ3v) is 4.50. The number of amides is 1. The lowest BCUT2D eigenvalue weighted by Gasteiger charge is -2.09. The minimum absolute atomic E-state index is 0.104. The third-order valence-electron chi connectivity index (χ3n) is 4.50. The highest BCUT2D eigenvalue weighted by Gasteiger charge is 2.21. The predicted molar refractivity (Wildman–Crippen MR) is 94.4 cm³/mol. The molecule has 1 aliphatic heterocycles. The Morgan fingerprint density at radius 1 is 1.22 bits per heavy atom. The van der Waals surface area contributed by atoms with E-state index in [1.165, 1.54) is 29.6 Å². The molecule has 0 unspecified atom stereocenters. The average molecular weight is 369 g/mol. The van der Waals surface area contributed by atoms with Crippen LogP contribution in [0.4, 0.5) is 5.69 Å². The molecule has 1 aliphatic rings. The molecule has 0 radical (unpaired) electrons. The molecule has 1 N–H and O–H groups in total. The van der Waals surface area contributed by atoms with Crippen LogP contribution in [0.1, 0.15) is 15.9 Å². The van der Waals surface area contributed by atoms with Gasteiger partial charge in [0.05, 0.1) is 11.9 Å². The molecule has 2 aromatic heterocycles.